The highest BCUT2D eigenvalue weighted by atomic mass is 32.1. The average molecular weight is 315 g/mol. The molecule has 0 bridgehead atoms. The summed E-state index contributed by atoms with van der Waals surface area (Å²) >= 11 is 1.35. The second-order valence-corrected chi connectivity index (χ2v) is 5.57. The van der Waals surface area contributed by atoms with Gasteiger partial charge in [-0.1, -0.05) is 46.9 Å². The van der Waals surface area contributed by atoms with E-state index in [0.717, 1.165) is 10.6 Å². The van der Waals surface area contributed by atoms with Crippen LogP contribution in [-0.4, -0.2) is 38.1 Å². The molecule has 0 aliphatic rings. The number of carbonyl (C=O) groups excluding carboxylic acids is 1. The fourth-order valence-electron chi connectivity index (χ4n) is 2.02. The minimum Gasteiger partial charge on any atom is -0.377 e. The Morgan fingerprint density at radius 3 is 2.68 bits per heavy atom. The smallest absolute Gasteiger partial charge is 0.234 e. The van der Waals surface area contributed by atoms with Crippen LogP contribution >= 0.6 is 11.3 Å². The number of hydrogen-bond acceptors (Lipinski definition) is 7. The van der Waals surface area contributed by atoms with Crippen molar-refractivity contribution in [1.82, 2.24) is 25.2 Å². The quantitative estimate of drug-likeness (QED) is 0.671. The molecule has 0 saturated carbocycles. The van der Waals surface area contributed by atoms with Crippen LogP contribution in [0.2, 0.25) is 0 Å². The summed E-state index contributed by atoms with van der Waals surface area (Å²) in [4.78, 5) is 11.8. The van der Waals surface area contributed by atoms with Gasteiger partial charge in [-0.3, -0.25) is 4.79 Å². The Balaban J connectivity index is 2.13. The first-order valence-corrected chi connectivity index (χ1v) is 7.36. The fraction of sp³-hybridized carbons (Fsp3) is 0.214. The first-order chi connectivity index (χ1) is 10.7. The number of methoxy groups -OCH3 is 1. The van der Waals surface area contributed by atoms with E-state index < -0.39 is 0 Å². The molecule has 0 unspecified atom stereocenters. The zero-order chi connectivity index (χ0) is 15.5. The summed E-state index contributed by atoms with van der Waals surface area (Å²) in [6, 6.07) is 9.50. The molecule has 0 amide bonds. The molecule has 0 atom stereocenters. The van der Waals surface area contributed by atoms with Gasteiger partial charge in [0.1, 0.15) is 17.3 Å². The van der Waals surface area contributed by atoms with Crippen molar-refractivity contribution in [3.63, 3.8) is 0 Å². The van der Waals surface area contributed by atoms with E-state index in [1.807, 2.05) is 30.3 Å². The van der Waals surface area contributed by atoms with Crippen molar-refractivity contribution < 1.29 is 9.53 Å². The van der Waals surface area contributed by atoms with Gasteiger partial charge in [-0.15, -0.1) is 15.3 Å². The van der Waals surface area contributed by atoms with Gasteiger partial charge in [0.2, 0.25) is 5.13 Å². The standard InChI is InChI=1S/C14H13N5O2S/c1-9(20)12-13(10-6-4-3-5-7-10)19(18-16-12)14-17-15-11(22-14)8-21-2/h3-7H,8H2,1-2H3. The van der Waals surface area contributed by atoms with E-state index >= 15 is 0 Å². The van der Waals surface area contributed by atoms with Gasteiger partial charge in [0, 0.05) is 19.6 Å². The Morgan fingerprint density at radius 1 is 1.23 bits per heavy atom. The maximum Gasteiger partial charge on any atom is 0.234 e. The number of rotatable bonds is 5. The first kappa shape index (κ1) is 14.5. The van der Waals surface area contributed by atoms with E-state index in [-0.39, 0.29) is 5.78 Å². The molecule has 0 aliphatic heterocycles. The Kier molecular flexibility index (Phi) is 4.03. The summed E-state index contributed by atoms with van der Waals surface area (Å²) in [5.74, 6) is -0.147. The second kappa shape index (κ2) is 6.12. The summed E-state index contributed by atoms with van der Waals surface area (Å²) in [6.07, 6.45) is 0. The second-order valence-electron chi connectivity index (χ2n) is 4.53. The number of nitrogens with zero attached hydrogens (tertiary/aromatic N) is 5. The van der Waals surface area contributed by atoms with Crippen LogP contribution in [0.1, 0.15) is 22.4 Å². The van der Waals surface area contributed by atoms with Gasteiger partial charge in [-0.25, -0.2) is 0 Å². The van der Waals surface area contributed by atoms with Crippen molar-refractivity contribution in [3.8, 4) is 16.4 Å². The lowest BCUT2D eigenvalue weighted by Gasteiger charge is -2.03. The number of benzene rings is 1. The van der Waals surface area contributed by atoms with Crippen molar-refractivity contribution >= 4 is 17.1 Å². The molecule has 1 aromatic carbocycles. The van der Waals surface area contributed by atoms with Crippen molar-refractivity contribution in [2.24, 2.45) is 0 Å². The third-order valence-corrected chi connectivity index (χ3v) is 3.83. The Bertz CT molecular complexity index is 797. The number of hydrogen-bond donors (Lipinski definition) is 0. The molecular weight excluding hydrogens is 302 g/mol. The lowest BCUT2D eigenvalue weighted by Crippen LogP contribution is -2.01. The molecule has 0 radical (unpaired) electrons. The molecule has 2 heterocycles. The maximum absolute atomic E-state index is 11.8. The molecule has 0 aliphatic carbocycles. The highest BCUT2D eigenvalue weighted by molar-refractivity contribution is 7.13. The van der Waals surface area contributed by atoms with Crippen LogP contribution in [0.3, 0.4) is 0 Å². The van der Waals surface area contributed by atoms with Crippen LogP contribution in [0.25, 0.3) is 16.4 Å². The van der Waals surface area contributed by atoms with Crippen LogP contribution in [0.15, 0.2) is 30.3 Å². The van der Waals surface area contributed by atoms with Crippen LogP contribution in [0.5, 0.6) is 0 Å². The summed E-state index contributed by atoms with van der Waals surface area (Å²) in [6.45, 7) is 1.85. The molecule has 8 heteroatoms. The minimum atomic E-state index is -0.147. The maximum atomic E-state index is 11.8. The Hall–Kier alpha value is -2.45. The van der Waals surface area contributed by atoms with Crippen molar-refractivity contribution in [1.29, 1.82) is 0 Å². The number of ketones is 1. The molecule has 3 aromatic rings. The van der Waals surface area contributed by atoms with E-state index in [9.17, 15) is 4.79 Å². The third kappa shape index (κ3) is 2.66. The van der Waals surface area contributed by atoms with Crippen LogP contribution in [0, 0.1) is 0 Å². The number of carbonyl (C=O) groups is 1. The average Bonchev–Trinajstić information content (AvgIpc) is 3.14. The largest absolute Gasteiger partial charge is 0.377 e. The lowest BCUT2D eigenvalue weighted by atomic mass is 10.1. The molecule has 7 nitrogen and oxygen atoms in total. The Morgan fingerprint density at radius 2 is 2.00 bits per heavy atom. The summed E-state index contributed by atoms with van der Waals surface area (Å²) in [7, 11) is 1.60. The molecule has 22 heavy (non-hydrogen) atoms. The minimum absolute atomic E-state index is 0.147. The van der Waals surface area contributed by atoms with Gasteiger partial charge >= 0.3 is 0 Å². The normalized spacial score (nSPS) is 10.8. The van der Waals surface area contributed by atoms with Gasteiger partial charge < -0.3 is 4.74 Å². The van der Waals surface area contributed by atoms with Crippen molar-refractivity contribution in [3.05, 3.63) is 41.0 Å². The Labute approximate surface area is 130 Å². The molecular formula is C14H13N5O2S. The van der Waals surface area contributed by atoms with Gasteiger partial charge in [0.05, 0.1) is 0 Å². The van der Waals surface area contributed by atoms with E-state index in [2.05, 4.69) is 20.5 Å². The van der Waals surface area contributed by atoms with Gasteiger partial charge in [0.15, 0.2) is 11.5 Å². The zero-order valence-corrected chi connectivity index (χ0v) is 12.9. The highest BCUT2D eigenvalue weighted by Gasteiger charge is 2.21. The van der Waals surface area contributed by atoms with Gasteiger partial charge in [-0.2, -0.15) is 4.68 Å². The summed E-state index contributed by atoms with van der Waals surface area (Å²) < 4.78 is 6.59. The summed E-state index contributed by atoms with van der Waals surface area (Å²) in [5.41, 5.74) is 1.78. The molecule has 0 fully saturated rings. The zero-order valence-electron chi connectivity index (χ0n) is 12.1. The molecule has 112 valence electrons. The number of aromatic nitrogens is 5. The molecule has 0 saturated heterocycles. The predicted octanol–water partition coefficient (Wildman–Crippen LogP) is 2.13. The van der Waals surface area contributed by atoms with E-state index in [0.29, 0.717) is 23.1 Å². The van der Waals surface area contributed by atoms with Crippen molar-refractivity contribution in [2.45, 2.75) is 13.5 Å². The molecule has 0 spiro atoms. The van der Waals surface area contributed by atoms with Gasteiger partial charge in [0.25, 0.3) is 0 Å². The SMILES string of the molecule is COCc1nnc(-n2nnc(C(C)=O)c2-c2ccccc2)s1. The molecule has 0 N–H and O–H groups in total. The molecule has 2 aromatic heterocycles. The first-order valence-electron chi connectivity index (χ1n) is 6.54. The molecule has 3 rings (SSSR count). The number of Topliss-reactive ketones (excluding diaryl/α,β-unsaturated/α-hetero) is 1. The monoisotopic (exact) mass is 315 g/mol. The van der Waals surface area contributed by atoms with E-state index in [1.54, 1.807) is 11.8 Å². The van der Waals surface area contributed by atoms with E-state index in [1.165, 1.54) is 18.3 Å². The number of ether oxygens (including phenoxy) is 1. The van der Waals surface area contributed by atoms with E-state index in [4.69, 9.17) is 4.74 Å². The predicted molar refractivity (Wildman–Crippen MR) is 81.0 cm³/mol. The fourth-order valence-corrected chi connectivity index (χ4v) is 2.79. The topological polar surface area (TPSA) is 82.8 Å². The van der Waals surface area contributed by atoms with Crippen LogP contribution in [0.4, 0.5) is 0 Å². The highest BCUT2D eigenvalue weighted by Crippen LogP contribution is 2.26. The van der Waals surface area contributed by atoms with Crippen LogP contribution < -0.4 is 0 Å². The van der Waals surface area contributed by atoms with Crippen LogP contribution in [-0.2, 0) is 11.3 Å². The van der Waals surface area contributed by atoms with Gasteiger partial charge in [-0.05, 0) is 0 Å². The third-order valence-electron chi connectivity index (χ3n) is 2.96. The lowest BCUT2D eigenvalue weighted by molar-refractivity contribution is 0.101. The van der Waals surface area contributed by atoms with Crippen molar-refractivity contribution in [2.75, 3.05) is 7.11 Å². The summed E-state index contributed by atoms with van der Waals surface area (Å²) in [5, 5.41) is 17.5.